The van der Waals surface area contributed by atoms with E-state index in [1.165, 1.54) is 6.08 Å². The van der Waals surface area contributed by atoms with E-state index in [9.17, 15) is 9.59 Å². The van der Waals surface area contributed by atoms with Crippen molar-refractivity contribution in [3.8, 4) is 0 Å². The fourth-order valence-corrected chi connectivity index (χ4v) is 1.12. The Kier molecular flexibility index (Phi) is 5.58. The Bertz CT molecular complexity index is 339. The number of esters is 1. The molecule has 0 aliphatic rings. The van der Waals surface area contributed by atoms with Gasteiger partial charge in [0, 0.05) is 12.0 Å². The van der Waals surface area contributed by atoms with Gasteiger partial charge in [0.15, 0.2) is 0 Å². The first-order valence-corrected chi connectivity index (χ1v) is 5.40. The summed E-state index contributed by atoms with van der Waals surface area (Å²) < 4.78 is 5.04. The molecule has 0 heterocycles. The van der Waals surface area contributed by atoms with E-state index in [0.717, 1.165) is 6.08 Å². The van der Waals surface area contributed by atoms with Crippen LogP contribution in [-0.2, 0) is 14.3 Å². The summed E-state index contributed by atoms with van der Waals surface area (Å²) in [5, 5.41) is 16.1. The Labute approximate surface area is 101 Å². The van der Waals surface area contributed by atoms with Crippen LogP contribution in [-0.4, -0.2) is 28.4 Å². The van der Waals surface area contributed by atoms with Crippen molar-refractivity contribution in [1.29, 1.82) is 5.41 Å². The third kappa shape index (κ3) is 6.50. The molecule has 0 radical (unpaired) electrons. The van der Waals surface area contributed by atoms with E-state index in [4.69, 9.17) is 15.3 Å². The van der Waals surface area contributed by atoms with Crippen LogP contribution in [0, 0.1) is 11.3 Å². The highest BCUT2D eigenvalue weighted by atomic mass is 16.6. The number of nitrogens with one attached hydrogen (secondary N) is 1. The second-order valence-electron chi connectivity index (χ2n) is 4.63. The third-order valence-corrected chi connectivity index (χ3v) is 1.90. The third-order valence-electron chi connectivity index (χ3n) is 1.90. The Balaban J connectivity index is 4.65. The molecule has 0 saturated heterocycles. The largest absolute Gasteiger partial charge is 0.478 e. The van der Waals surface area contributed by atoms with Crippen molar-refractivity contribution >= 4 is 17.7 Å². The molecule has 0 aromatic heterocycles. The maximum absolute atomic E-state index is 11.6. The van der Waals surface area contributed by atoms with E-state index < -0.39 is 23.5 Å². The van der Waals surface area contributed by atoms with E-state index in [-0.39, 0.29) is 5.71 Å². The van der Waals surface area contributed by atoms with Gasteiger partial charge < -0.3 is 9.84 Å². The zero-order chi connectivity index (χ0) is 13.6. The van der Waals surface area contributed by atoms with Gasteiger partial charge in [0.05, 0.1) is 0 Å². The standard InChI is InChI=1S/C12H19NO4/c1-5-8(6-7-9(14)15)10(13)11(16)17-12(2,3)4/h6-8,13H,5H2,1-4H3,(H,14,15). The zero-order valence-electron chi connectivity index (χ0n) is 10.6. The van der Waals surface area contributed by atoms with Crippen molar-refractivity contribution in [3.05, 3.63) is 12.2 Å². The summed E-state index contributed by atoms with van der Waals surface area (Å²) in [7, 11) is 0. The lowest BCUT2D eigenvalue weighted by molar-refractivity contribution is -0.146. The minimum absolute atomic E-state index is 0.222. The van der Waals surface area contributed by atoms with Gasteiger partial charge in [-0.1, -0.05) is 13.0 Å². The zero-order valence-corrected chi connectivity index (χ0v) is 10.6. The summed E-state index contributed by atoms with van der Waals surface area (Å²) in [6, 6.07) is 0. The molecule has 0 fully saturated rings. The van der Waals surface area contributed by atoms with Crippen LogP contribution >= 0.6 is 0 Å². The number of hydrogen-bond donors (Lipinski definition) is 2. The van der Waals surface area contributed by atoms with Gasteiger partial charge in [-0.3, -0.25) is 5.41 Å². The van der Waals surface area contributed by atoms with Crippen LogP contribution in [0.25, 0.3) is 0 Å². The Morgan fingerprint density at radius 3 is 2.29 bits per heavy atom. The number of ether oxygens (including phenoxy) is 1. The van der Waals surface area contributed by atoms with Gasteiger partial charge in [-0.05, 0) is 27.2 Å². The van der Waals surface area contributed by atoms with E-state index in [2.05, 4.69) is 0 Å². The number of hydrogen-bond acceptors (Lipinski definition) is 4. The monoisotopic (exact) mass is 241 g/mol. The second kappa shape index (κ2) is 6.18. The van der Waals surface area contributed by atoms with Crippen LogP contribution in [0.2, 0.25) is 0 Å². The number of rotatable bonds is 5. The van der Waals surface area contributed by atoms with Crippen LogP contribution in [0.15, 0.2) is 12.2 Å². The van der Waals surface area contributed by atoms with Crippen LogP contribution in [0.3, 0.4) is 0 Å². The van der Waals surface area contributed by atoms with E-state index in [1.54, 1.807) is 27.7 Å². The molecule has 0 aliphatic carbocycles. The minimum Gasteiger partial charge on any atom is -0.478 e. The number of carboxylic acid groups (broad SMARTS) is 1. The van der Waals surface area contributed by atoms with E-state index in [1.807, 2.05) is 0 Å². The molecule has 0 aliphatic heterocycles. The Morgan fingerprint density at radius 2 is 1.94 bits per heavy atom. The number of allylic oxidation sites excluding steroid dienone is 1. The van der Waals surface area contributed by atoms with Crippen molar-refractivity contribution in [2.75, 3.05) is 0 Å². The molecule has 0 rings (SSSR count). The number of carbonyl (C=O) groups is 2. The SMILES string of the molecule is CCC(C=CC(=O)O)C(=N)C(=O)OC(C)(C)C. The maximum Gasteiger partial charge on any atom is 0.353 e. The van der Waals surface area contributed by atoms with Crippen molar-refractivity contribution < 1.29 is 19.4 Å². The van der Waals surface area contributed by atoms with Gasteiger partial charge in [0.1, 0.15) is 11.3 Å². The molecule has 0 bridgehead atoms. The van der Waals surface area contributed by atoms with Crippen LogP contribution in [0.1, 0.15) is 34.1 Å². The number of carbonyl (C=O) groups excluding carboxylic acids is 1. The van der Waals surface area contributed by atoms with Crippen LogP contribution in [0.4, 0.5) is 0 Å². The molecular weight excluding hydrogens is 222 g/mol. The molecule has 0 aromatic rings. The predicted octanol–water partition coefficient (Wildman–Crippen LogP) is 2.01. The first-order chi connectivity index (χ1) is 7.67. The molecule has 17 heavy (non-hydrogen) atoms. The first kappa shape index (κ1) is 15.3. The molecule has 1 atom stereocenters. The number of aliphatic carboxylic acids is 1. The predicted molar refractivity (Wildman–Crippen MR) is 64.1 cm³/mol. The van der Waals surface area contributed by atoms with Crippen molar-refractivity contribution in [2.24, 2.45) is 5.92 Å². The smallest absolute Gasteiger partial charge is 0.353 e. The fraction of sp³-hybridized carbons (Fsp3) is 0.583. The lowest BCUT2D eigenvalue weighted by Gasteiger charge is -2.21. The van der Waals surface area contributed by atoms with Gasteiger partial charge in [0.25, 0.3) is 0 Å². The highest BCUT2D eigenvalue weighted by molar-refractivity contribution is 6.36. The molecule has 0 saturated carbocycles. The van der Waals surface area contributed by atoms with Crippen LogP contribution in [0.5, 0.6) is 0 Å². The summed E-state index contributed by atoms with van der Waals surface area (Å²) in [5.74, 6) is -2.33. The molecule has 0 amide bonds. The van der Waals surface area contributed by atoms with Gasteiger partial charge in [-0.15, -0.1) is 0 Å². The molecule has 2 N–H and O–H groups in total. The quantitative estimate of drug-likeness (QED) is 0.438. The summed E-state index contributed by atoms with van der Waals surface area (Å²) in [4.78, 5) is 21.9. The average Bonchev–Trinajstić information content (AvgIpc) is 2.15. The van der Waals surface area contributed by atoms with Crippen molar-refractivity contribution in [3.63, 3.8) is 0 Å². The molecule has 5 heteroatoms. The minimum atomic E-state index is -1.10. The highest BCUT2D eigenvalue weighted by Gasteiger charge is 2.24. The van der Waals surface area contributed by atoms with Gasteiger partial charge in [-0.2, -0.15) is 0 Å². The highest BCUT2D eigenvalue weighted by Crippen LogP contribution is 2.12. The normalized spacial score (nSPS) is 13.4. The first-order valence-electron chi connectivity index (χ1n) is 5.40. The van der Waals surface area contributed by atoms with Crippen LogP contribution < -0.4 is 0 Å². The van der Waals surface area contributed by atoms with Crippen molar-refractivity contribution in [1.82, 2.24) is 0 Å². The topological polar surface area (TPSA) is 87.5 Å². The molecular formula is C12H19NO4. The summed E-state index contributed by atoms with van der Waals surface area (Å²) in [6.45, 7) is 6.92. The summed E-state index contributed by atoms with van der Waals surface area (Å²) >= 11 is 0. The van der Waals surface area contributed by atoms with Gasteiger partial charge in [0.2, 0.25) is 0 Å². The molecule has 1 unspecified atom stereocenters. The second-order valence-corrected chi connectivity index (χ2v) is 4.63. The Hall–Kier alpha value is -1.65. The lowest BCUT2D eigenvalue weighted by atomic mass is 9.99. The van der Waals surface area contributed by atoms with Crippen molar-refractivity contribution in [2.45, 2.75) is 39.7 Å². The Morgan fingerprint density at radius 1 is 1.41 bits per heavy atom. The van der Waals surface area contributed by atoms with E-state index >= 15 is 0 Å². The molecule has 5 nitrogen and oxygen atoms in total. The van der Waals surface area contributed by atoms with Gasteiger partial charge >= 0.3 is 11.9 Å². The summed E-state index contributed by atoms with van der Waals surface area (Å²) in [5.41, 5.74) is -0.877. The average molecular weight is 241 g/mol. The molecule has 0 aromatic carbocycles. The van der Waals surface area contributed by atoms with Gasteiger partial charge in [-0.25, -0.2) is 9.59 Å². The maximum atomic E-state index is 11.6. The number of carboxylic acids is 1. The fourth-order valence-electron chi connectivity index (χ4n) is 1.12. The lowest BCUT2D eigenvalue weighted by Crippen LogP contribution is -2.31. The van der Waals surface area contributed by atoms with E-state index in [0.29, 0.717) is 6.42 Å². The molecule has 96 valence electrons. The molecule has 0 spiro atoms. The summed E-state index contributed by atoms with van der Waals surface area (Å²) in [6.07, 6.45) is 2.74.